The van der Waals surface area contributed by atoms with Gasteiger partial charge in [-0.15, -0.1) is 0 Å². The first-order valence-electron chi connectivity index (χ1n) is 7.02. The van der Waals surface area contributed by atoms with E-state index in [9.17, 15) is 9.59 Å². The molecule has 0 aliphatic heterocycles. The zero-order valence-corrected chi connectivity index (χ0v) is 14.3. The number of esters is 1. The second-order valence-corrected chi connectivity index (χ2v) is 6.03. The minimum atomic E-state index is -0.394. The number of halogens is 1. The van der Waals surface area contributed by atoms with Crippen LogP contribution < -0.4 is 0 Å². The molecule has 0 saturated heterocycles. The van der Waals surface area contributed by atoms with Crippen molar-refractivity contribution in [2.45, 2.75) is 6.92 Å². The number of benzene rings is 2. The van der Waals surface area contributed by atoms with Crippen LogP contribution in [0.4, 0.5) is 0 Å². The van der Waals surface area contributed by atoms with Crippen molar-refractivity contribution >= 4 is 38.7 Å². The first kappa shape index (κ1) is 15.5. The van der Waals surface area contributed by atoms with Crippen LogP contribution >= 0.6 is 15.9 Å². The average Bonchev–Trinajstić information content (AvgIpc) is 2.88. The van der Waals surface area contributed by atoms with Crippen molar-refractivity contribution in [3.05, 3.63) is 69.8 Å². The monoisotopic (exact) mass is 371 g/mol. The van der Waals surface area contributed by atoms with Gasteiger partial charge in [0, 0.05) is 15.6 Å². The van der Waals surface area contributed by atoms with Crippen molar-refractivity contribution in [2.24, 2.45) is 0 Å². The van der Waals surface area contributed by atoms with Gasteiger partial charge in [0.25, 0.3) is 5.91 Å². The molecule has 23 heavy (non-hydrogen) atoms. The van der Waals surface area contributed by atoms with Crippen molar-refractivity contribution in [2.75, 3.05) is 7.11 Å². The summed E-state index contributed by atoms with van der Waals surface area (Å²) in [6.07, 6.45) is 0. The molecule has 1 heterocycles. The van der Waals surface area contributed by atoms with E-state index in [4.69, 9.17) is 4.74 Å². The molecule has 3 aromatic rings. The van der Waals surface area contributed by atoms with E-state index >= 15 is 0 Å². The van der Waals surface area contributed by atoms with Crippen LogP contribution in [0.1, 0.15) is 26.4 Å². The van der Waals surface area contributed by atoms with Crippen LogP contribution in [0.5, 0.6) is 0 Å². The number of hydrogen-bond donors (Lipinski definition) is 0. The Morgan fingerprint density at radius 1 is 1.09 bits per heavy atom. The quantitative estimate of drug-likeness (QED) is 0.634. The van der Waals surface area contributed by atoms with Crippen molar-refractivity contribution in [3.8, 4) is 0 Å². The molecule has 116 valence electrons. The number of hydrogen-bond acceptors (Lipinski definition) is 3. The summed E-state index contributed by atoms with van der Waals surface area (Å²) in [5.41, 5.74) is 2.62. The summed E-state index contributed by atoms with van der Waals surface area (Å²) in [6.45, 7) is 1.87. The highest BCUT2D eigenvalue weighted by molar-refractivity contribution is 9.10. The molecule has 4 nitrogen and oxygen atoms in total. The lowest BCUT2D eigenvalue weighted by Gasteiger charge is -2.09. The number of ether oxygens (including phenoxy) is 1. The molecule has 0 aliphatic rings. The number of aryl methyl sites for hydroxylation is 1. The number of carbonyl (C=O) groups is 2. The molecule has 0 spiro atoms. The van der Waals surface area contributed by atoms with Gasteiger partial charge in [-0.1, -0.05) is 12.1 Å². The zero-order valence-electron chi connectivity index (χ0n) is 12.7. The van der Waals surface area contributed by atoms with Gasteiger partial charge in [0.15, 0.2) is 0 Å². The highest BCUT2D eigenvalue weighted by Gasteiger charge is 2.17. The summed E-state index contributed by atoms with van der Waals surface area (Å²) in [4.78, 5) is 24.5. The second-order valence-electron chi connectivity index (χ2n) is 5.17. The van der Waals surface area contributed by atoms with Crippen molar-refractivity contribution < 1.29 is 14.3 Å². The van der Waals surface area contributed by atoms with Crippen molar-refractivity contribution in [1.29, 1.82) is 0 Å². The van der Waals surface area contributed by atoms with Crippen LogP contribution in [0.2, 0.25) is 0 Å². The lowest BCUT2D eigenvalue weighted by Crippen LogP contribution is -2.13. The van der Waals surface area contributed by atoms with Gasteiger partial charge in [-0.25, -0.2) is 4.79 Å². The van der Waals surface area contributed by atoms with Crippen molar-refractivity contribution in [3.63, 3.8) is 0 Å². The normalized spacial score (nSPS) is 10.7. The molecule has 0 atom stereocenters. The third-order valence-electron chi connectivity index (χ3n) is 3.71. The number of nitrogens with zero attached hydrogens (tertiary/aromatic N) is 1. The van der Waals surface area contributed by atoms with Crippen molar-refractivity contribution in [1.82, 2.24) is 4.57 Å². The molecule has 0 radical (unpaired) electrons. The predicted octanol–water partition coefficient (Wildman–Crippen LogP) is 4.19. The number of aromatic nitrogens is 1. The topological polar surface area (TPSA) is 48.3 Å². The van der Waals surface area contributed by atoms with E-state index in [0.29, 0.717) is 11.1 Å². The summed E-state index contributed by atoms with van der Waals surface area (Å²) in [5, 5.41) is 0.825. The Morgan fingerprint density at radius 3 is 2.52 bits per heavy atom. The Kier molecular flexibility index (Phi) is 4.05. The number of carbonyl (C=O) groups excluding carboxylic acids is 2. The Morgan fingerprint density at radius 2 is 1.83 bits per heavy atom. The van der Waals surface area contributed by atoms with Crippen LogP contribution in [0.25, 0.3) is 10.9 Å². The van der Waals surface area contributed by atoms with E-state index in [2.05, 4.69) is 15.9 Å². The molecule has 5 heteroatoms. The van der Waals surface area contributed by atoms with E-state index < -0.39 is 5.97 Å². The fourth-order valence-corrected chi connectivity index (χ4v) is 3.08. The maximum absolute atomic E-state index is 12.9. The summed E-state index contributed by atoms with van der Waals surface area (Å²) in [6, 6.07) is 14.4. The van der Waals surface area contributed by atoms with Gasteiger partial charge in [0.05, 0.1) is 23.8 Å². The van der Waals surface area contributed by atoms with E-state index in [0.717, 1.165) is 21.1 Å². The summed E-state index contributed by atoms with van der Waals surface area (Å²) in [5.74, 6) is -0.509. The van der Waals surface area contributed by atoms with Gasteiger partial charge in [-0.3, -0.25) is 9.36 Å². The zero-order chi connectivity index (χ0) is 16.6. The third kappa shape index (κ3) is 2.68. The molecule has 0 N–H and O–H groups in total. The fourth-order valence-electron chi connectivity index (χ4n) is 2.62. The Labute approximate surface area is 141 Å². The molecule has 1 aromatic heterocycles. The van der Waals surface area contributed by atoms with Gasteiger partial charge in [0.1, 0.15) is 0 Å². The summed E-state index contributed by atoms with van der Waals surface area (Å²) in [7, 11) is 1.35. The highest BCUT2D eigenvalue weighted by atomic mass is 79.9. The van der Waals surface area contributed by atoms with Gasteiger partial charge >= 0.3 is 5.97 Å². The molecule has 0 fully saturated rings. The minimum absolute atomic E-state index is 0.115. The largest absolute Gasteiger partial charge is 0.465 e. The number of rotatable bonds is 2. The Balaban J connectivity index is 2.15. The van der Waals surface area contributed by atoms with Crippen LogP contribution in [0.15, 0.2) is 53.0 Å². The van der Waals surface area contributed by atoms with E-state index in [1.165, 1.54) is 7.11 Å². The van der Waals surface area contributed by atoms with Crippen LogP contribution in [0, 0.1) is 6.92 Å². The molecule has 0 amide bonds. The van der Waals surface area contributed by atoms with Gasteiger partial charge in [-0.2, -0.15) is 0 Å². The van der Waals surface area contributed by atoms with E-state index in [1.54, 1.807) is 28.8 Å². The molecular formula is C18H14BrNO3. The van der Waals surface area contributed by atoms with E-state index in [1.807, 2.05) is 31.2 Å². The lowest BCUT2D eigenvalue weighted by atomic mass is 10.1. The first-order chi connectivity index (χ1) is 11.0. The average molecular weight is 372 g/mol. The fraction of sp³-hybridized carbons (Fsp3) is 0.111. The smallest absolute Gasteiger partial charge is 0.337 e. The van der Waals surface area contributed by atoms with E-state index in [-0.39, 0.29) is 5.91 Å². The van der Waals surface area contributed by atoms with Gasteiger partial charge in [-0.05, 0) is 59.3 Å². The Bertz CT molecular complexity index is 927. The second kappa shape index (κ2) is 6.01. The standard InChI is InChI=1S/C18H14BrNO3/c1-11-9-13-10-12(18(22)23-2)7-8-16(13)20(11)17(21)14-5-3-4-6-15(14)19/h3-10H,1-2H3. The van der Waals surface area contributed by atoms with Crippen LogP contribution in [-0.2, 0) is 4.74 Å². The Hall–Kier alpha value is -2.40. The predicted molar refractivity (Wildman–Crippen MR) is 91.9 cm³/mol. The maximum atomic E-state index is 12.9. The third-order valence-corrected chi connectivity index (χ3v) is 4.41. The van der Waals surface area contributed by atoms with Crippen LogP contribution in [0.3, 0.4) is 0 Å². The van der Waals surface area contributed by atoms with Gasteiger partial charge < -0.3 is 4.74 Å². The van der Waals surface area contributed by atoms with Gasteiger partial charge in [0.2, 0.25) is 0 Å². The minimum Gasteiger partial charge on any atom is -0.465 e. The molecule has 3 rings (SSSR count). The summed E-state index contributed by atoms with van der Waals surface area (Å²) >= 11 is 3.42. The maximum Gasteiger partial charge on any atom is 0.337 e. The molecular weight excluding hydrogens is 358 g/mol. The summed E-state index contributed by atoms with van der Waals surface area (Å²) < 4.78 is 7.13. The first-order valence-corrected chi connectivity index (χ1v) is 7.82. The molecule has 2 aromatic carbocycles. The molecule has 0 saturated carbocycles. The SMILES string of the molecule is COC(=O)c1ccc2c(c1)cc(C)n2C(=O)c1ccccc1Br. The number of methoxy groups -OCH3 is 1. The molecule has 0 bridgehead atoms. The molecule has 0 unspecified atom stereocenters. The highest BCUT2D eigenvalue weighted by Crippen LogP contribution is 2.25. The van der Waals surface area contributed by atoms with Crippen LogP contribution in [-0.4, -0.2) is 23.6 Å². The molecule has 0 aliphatic carbocycles. The number of fused-ring (bicyclic) bond motifs is 1. The lowest BCUT2D eigenvalue weighted by molar-refractivity contribution is 0.0601.